The van der Waals surface area contributed by atoms with Gasteiger partial charge in [-0.25, -0.2) is 4.98 Å². The third-order valence-electron chi connectivity index (χ3n) is 2.99. The second-order valence-electron chi connectivity index (χ2n) is 4.89. The SMILES string of the molecule is CC(C)c1ccccc1NS(=O)(=O)c1c(N)ncn1C. The first-order valence-corrected chi connectivity index (χ1v) is 7.69. The Labute approximate surface area is 118 Å². The van der Waals surface area contributed by atoms with Gasteiger partial charge in [0.25, 0.3) is 10.0 Å². The number of nitrogens with two attached hydrogens (primary N) is 1. The minimum absolute atomic E-state index is 0.0120. The number of para-hydroxylation sites is 1. The highest BCUT2D eigenvalue weighted by Crippen LogP contribution is 2.27. The Hall–Kier alpha value is -2.02. The van der Waals surface area contributed by atoms with Crippen LogP contribution in [0.25, 0.3) is 0 Å². The molecule has 20 heavy (non-hydrogen) atoms. The number of hydrogen-bond acceptors (Lipinski definition) is 4. The second kappa shape index (κ2) is 5.16. The van der Waals surface area contributed by atoms with E-state index in [1.165, 1.54) is 10.9 Å². The molecule has 0 saturated carbocycles. The van der Waals surface area contributed by atoms with E-state index >= 15 is 0 Å². The Morgan fingerprint density at radius 1 is 1.30 bits per heavy atom. The maximum Gasteiger partial charge on any atom is 0.281 e. The first-order chi connectivity index (χ1) is 9.33. The molecule has 0 aliphatic rings. The van der Waals surface area contributed by atoms with E-state index in [1.807, 2.05) is 26.0 Å². The maximum atomic E-state index is 12.4. The zero-order chi connectivity index (χ0) is 14.9. The molecule has 7 heteroatoms. The zero-order valence-corrected chi connectivity index (χ0v) is 12.5. The molecule has 0 fully saturated rings. The Balaban J connectivity index is 2.45. The fourth-order valence-electron chi connectivity index (χ4n) is 2.05. The average molecular weight is 294 g/mol. The fraction of sp³-hybridized carbons (Fsp3) is 0.308. The van der Waals surface area contributed by atoms with Gasteiger partial charge >= 0.3 is 0 Å². The standard InChI is InChI=1S/C13H18N4O2S/c1-9(2)10-6-4-5-7-11(10)16-20(18,19)13-12(14)15-8-17(13)3/h4-9,16H,14H2,1-3H3. The number of nitrogens with one attached hydrogen (secondary N) is 1. The summed E-state index contributed by atoms with van der Waals surface area (Å²) in [6, 6.07) is 7.30. The van der Waals surface area contributed by atoms with Gasteiger partial charge in [-0.05, 0) is 17.5 Å². The van der Waals surface area contributed by atoms with Crippen LogP contribution >= 0.6 is 0 Å². The number of nitrogen functional groups attached to an aromatic ring is 1. The number of benzene rings is 1. The lowest BCUT2D eigenvalue weighted by Gasteiger charge is -2.15. The summed E-state index contributed by atoms with van der Waals surface area (Å²) >= 11 is 0. The molecule has 1 heterocycles. The number of nitrogens with zero attached hydrogens (tertiary/aromatic N) is 2. The van der Waals surface area contributed by atoms with Gasteiger partial charge in [0, 0.05) is 7.05 Å². The smallest absolute Gasteiger partial charge is 0.281 e. The van der Waals surface area contributed by atoms with Crippen LogP contribution in [0.4, 0.5) is 11.5 Å². The van der Waals surface area contributed by atoms with Crippen LogP contribution in [0.2, 0.25) is 0 Å². The molecule has 0 bridgehead atoms. The molecule has 0 unspecified atom stereocenters. The molecule has 0 aliphatic heterocycles. The predicted molar refractivity (Wildman–Crippen MR) is 79.0 cm³/mol. The van der Waals surface area contributed by atoms with Crippen molar-refractivity contribution in [3.63, 3.8) is 0 Å². The van der Waals surface area contributed by atoms with Gasteiger partial charge in [0.15, 0.2) is 10.8 Å². The first kappa shape index (κ1) is 14.4. The van der Waals surface area contributed by atoms with E-state index in [0.29, 0.717) is 5.69 Å². The number of hydrogen-bond donors (Lipinski definition) is 2. The molecule has 6 nitrogen and oxygen atoms in total. The van der Waals surface area contributed by atoms with Gasteiger partial charge in [-0.1, -0.05) is 32.0 Å². The number of sulfonamides is 1. The first-order valence-electron chi connectivity index (χ1n) is 6.21. The molecule has 2 rings (SSSR count). The molecule has 2 aromatic rings. The summed E-state index contributed by atoms with van der Waals surface area (Å²) in [6.45, 7) is 4.01. The summed E-state index contributed by atoms with van der Waals surface area (Å²) in [5.41, 5.74) is 7.11. The van der Waals surface area contributed by atoms with Gasteiger partial charge in [0.05, 0.1) is 12.0 Å². The molecule has 0 spiro atoms. The van der Waals surface area contributed by atoms with E-state index in [4.69, 9.17) is 5.73 Å². The van der Waals surface area contributed by atoms with Crippen molar-refractivity contribution in [2.24, 2.45) is 7.05 Å². The van der Waals surface area contributed by atoms with E-state index in [-0.39, 0.29) is 16.8 Å². The topological polar surface area (TPSA) is 90.0 Å². The van der Waals surface area contributed by atoms with Gasteiger partial charge in [-0.3, -0.25) is 4.72 Å². The van der Waals surface area contributed by atoms with Crippen molar-refractivity contribution in [2.45, 2.75) is 24.8 Å². The molecule has 1 aromatic heterocycles. The van der Waals surface area contributed by atoms with E-state index in [1.54, 1.807) is 19.2 Å². The lowest BCUT2D eigenvalue weighted by atomic mass is 10.0. The van der Waals surface area contributed by atoms with Crippen molar-refractivity contribution >= 4 is 21.5 Å². The third-order valence-corrected chi connectivity index (χ3v) is 4.49. The fourth-order valence-corrected chi connectivity index (χ4v) is 3.38. The molecule has 1 aromatic carbocycles. The Kier molecular flexibility index (Phi) is 3.71. The summed E-state index contributed by atoms with van der Waals surface area (Å²) in [6.07, 6.45) is 1.37. The summed E-state index contributed by atoms with van der Waals surface area (Å²) in [4.78, 5) is 3.80. The van der Waals surface area contributed by atoms with E-state index in [9.17, 15) is 8.42 Å². The molecule has 0 amide bonds. The summed E-state index contributed by atoms with van der Waals surface area (Å²) in [7, 11) is -2.17. The summed E-state index contributed by atoms with van der Waals surface area (Å²) in [5, 5.41) is -0.0314. The lowest BCUT2D eigenvalue weighted by molar-refractivity contribution is 0.591. The normalized spacial score (nSPS) is 11.8. The quantitative estimate of drug-likeness (QED) is 0.901. The molecule has 108 valence electrons. The maximum absolute atomic E-state index is 12.4. The lowest BCUT2D eigenvalue weighted by Crippen LogP contribution is -2.18. The van der Waals surface area contributed by atoms with Crippen LogP contribution < -0.4 is 10.5 Å². The average Bonchev–Trinajstić information content (AvgIpc) is 2.69. The van der Waals surface area contributed by atoms with Crippen molar-refractivity contribution in [3.8, 4) is 0 Å². The number of imidazole rings is 1. The van der Waals surface area contributed by atoms with Crippen LogP contribution in [0.1, 0.15) is 25.3 Å². The minimum Gasteiger partial charge on any atom is -0.381 e. The second-order valence-corrected chi connectivity index (χ2v) is 6.49. The van der Waals surface area contributed by atoms with Gasteiger partial charge in [-0.2, -0.15) is 8.42 Å². The number of aromatic nitrogens is 2. The van der Waals surface area contributed by atoms with Crippen molar-refractivity contribution in [2.75, 3.05) is 10.5 Å². The van der Waals surface area contributed by atoms with Crippen LogP contribution in [0.15, 0.2) is 35.6 Å². The van der Waals surface area contributed by atoms with Crippen molar-refractivity contribution in [1.29, 1.82) is 0 Å². The molecule has 0 radical (unpaired) electrons. The molecule has 0 atom stereocenters. The largest absolute Gasteiger partial charge is 0.381 e. The third kappa shape index (κ3) is 2.62. The number of anilines is 2. The van der Waals surface area contributed by atoms with Crippen LogP contribution in [0.5, 0.6) is 0 Å². The van der Waals surface area contributed by atoms with Crippen LogP contribution in [0.3, 0.4) is 0 Å². The monoisotopic (exact) mass is 294 g/mol. The number of rotatable bonds is 4. The highest BCUT2D eigenvalue weighted by Gasteiger charge is 2.23. The Morgan fingerprint density at radius 3 is 2.50 bits per heavy atom. The van der Waals surface area contributed by atoms with Crippen molar-refractivity contribution in [1.82, 2.24) is 9.55 Å². The molecular formula is C13H18N4O2S. The van der Waals surface area contributed by atoms with Gasteiger partial charge in [-0.15, -0.1) is 0 Å². The highest BCUT2D eigenvalue weighted by molar-refractivity contribution is 7.92. The van der Waals surface area contributed by atoms with E-state index < -0.39 is 10.0 Å². The highest BCUT2D eigenvalue weighted by atomic mass is 32.2. The van der Waals surface area contributed by atoms with Crippen LogP contribution in [-0.4, -0.2) is 18.0 Å². The summed E-state index contributed by atoms with van der Waals surface area (Å²) < 4.78 is 28.8. The van der Waals surface area contributed by atoms with Crippen LogP contribution in [0, 0.1) is 0 Å². The molecule has 0 aliphatic carbocycles. The zero-order valence-electron chi connectivity index (χ0n) is 11.7. The molecule has 3 N–H and O–H groups in total. The number of aryl methyl sites for hydroxylation is 1. The van der Waals surface area contributed by atoms with Crippen molar-refractivity contribution < 1.29 is 8.42 Å². The van der Waals surface area contributed by atoms with Crippen LogP contribution in [-0.2, 0) is 17.1 Å². The minimum atomic E-state index is -3.76. The van der Waals surface area contributed by atoms with Crippen molar-refractivity contribution in [3.05, 3.63) is 36.2 Å². The van der Waals surface area contributed by atoms with E-state index in [0.717, 1.165) is 5.56 Å². The predicted octanol–water partition coefficient (Wildman–Crippen LogP) is 1.93. The van der Waals surface area contributed by atoms with Gasteiger partial charge in [0.1, 0.15) is 0 Å². The molecular weight excluding hydrogens is 276 g/mol. The summed E-state index contributed by atoms with van der Waals surface area (Å²) in [5.74, 6) is 0.194. The molecule has 0 saturated heterocycles. The van der Waals surface area contributed by atoms with E-state index in [2.05, 4.69) is 9.71 Å². The Bertz CT molecular complexity index is 700. The Morgan fingerprint density at radius 2 is 1.95 bits per heavy atom. The van der Waals surface area contributed by atoms with Gasteiger partial charge in [0.2, 0.25) is 0 Å². The van der Waals surface area contributed by atoms with Gasteiger partial charge < -0.3 is 10.3 Å².